The minimum atomic E-state index is -0.533. The fourth-order valence-corrected chi connectivity index (χ4v) is 22.7. The molecule has 1 atom stereocenters. The van der Waals surface area contributed by atoms with Gasteiger partial charge in [-0.1, -0.05) is 285 Å². The van der Waals surface area contributed by atoms with Gasteiger partial charge in [-0.3, -0.25) is 0 Å². The van der Waals surface area contributed by atoms with Crippen LogP contribution in [0.3, 0.4) is 0 Å². The molecule has 16 aromatic carbocycles. The molecule has 0 saturated carbocycles. The van der Waals surface area contributed by atoms with Crippen molar-refractivity contribution in [2.24, 2.45) is 0 Å². The molecule has 0 bridgehead atoms. The standard InChI is InChI=1S/C98H58N2S3/c1-3-24-68-61(20-1)22-17-37-85(68)99(86-38-18-23-62-21-2-4-25-69(62)86)66-49-42-59(43-50-66)63-46-53-74-73-28-7-12-34-81(73)98(83(74)56-63)82-35-13-8-29-75(82)95-93(98)78-55-48-65(58-91(78)103-95)70-31-19-39-88-94(70)102-90-41-16-14-36-87(90)100(88)67-51-44-60(45-52-67)64-47-54-76-84(57-64)97(92-77-30-9-15-40-89(77)101-96(76)92)79-32-10-5-26-71(79)72-27-6-11-33-80(72)97/h1-58H. The zero-order valence-corrected chi connectivity index (χ0v) is 58.1. The van der Waals surface area contributed by atoms with Crippen LogP contribution < -0.4 is 9.80 Å². The van der Waals surface area contributed by atoms with Crippen molar-refractivity contribution < 1.29 is 0 Å². The van der Waals surface area contributed by atoms with Crippen LogP contribution in [0.1, 0.15) is 44.5 Å². The molecular formula is C98H58N2S3. The van der Waals surface area contributed by atoms with Gasteiger partial charge in [0, 0.05) is 51.1 Å². The number of hydrogen-bond acceptors (Lipinski definition) is 5. The first-order valence-corrected chi connectivity index (χ1v) is 38.0. The lowest BCUT2D eigenvalue weighted by molar-refractivity contribution is 0.803. The van der Waals surface area contributed by atoms with Crippen LogP contribution in [0.5, 0.6) is 0 Å². The SMILES string of the molecule is c1ccc2c(c1)Sc1c(-c3ccc4c5c(sc4c3)-c3ccccc3C53c4ccccc4-c4ccc(-c5ccc(N(c6cccc7ccccc67)c6cccc7ccccc67)cc5)cc43)cccc1N2c1ccc(-c2ccc3c(c2)C2(c4ccccc4-c4ccccc42)c2c-3sc3ccccc23)cc1. The summed E-state index contributed by atoms with van der Waals surface area (Å²) >= 11 is 5.79. The molecule has 478 valence electrons. The first kappa shape index (κ1) is 57.6. The van der Waals surface area contributed by atoms with Crippen molar-refractivity contribution in [2.75, 3.05) is 9.80 Å². The fourth-order valence-electron chi connectivity index (χ4n) is 18.9. The van der Waals surface area contributed by atoms with Crippen LogP contribution in [0.4, 0.5) is 34.1 Å². The highest BCUT2D eigenvalue weighted by Crippen LogP contribution is 2.69. The number of fused-ring (bicyclic) bond motifs is 28. The van der Waals surface area contributed by atoms with Crippen LogP contribution in [0.15, 0.2) is 362 Å². The molecule has 0 radical (unpaired) electrons. The first-order chi connectivity index (χ1) is 51.1. The van der Waals surface area contributed by atoms with Gasteiger partial charge >= 0.3 is 0 Å². The predicted octanol–water partition coefficient (Wildman–Crippen LogP) is 27.5. The van der Waals surface area contributed by atoms with E-state index in [9.17, 15) is 0 Å². The summed E-state index contributed by atoms with van der Waals surface area (Å²) in [5, 5.41) is 7.51. The molecule has 5 aliphatic rings. The third kappa shape index (κ3) is 7.88. The number of thiophene rings is 2. The zero-order chi connectivity index (χ0) is 67.2. The molecular weight excluding hydrogens is 1300 g/mol. The van der Waals surface area contributed by atoms with Crippen molar-refractivity contribution in [3.63, 3.8) is 0 Å². The van der Waals surface area contributed by atoms with Crippen LogP contribution in [-0.4, -0.2) is 0 Å². The van der Waals surface area contributed by atoms with E-state index >= 15 is 0 Å². The summed E-state index contributed by atoms with van der Waals surface area (Å²) in [5.41, 5.74) is 32.1. The zero-order valence-electron chi connectivity index (χ0n) is 55.6. The minimum absolute atomic E-state index is 0.425. The largest absolute Gasteiger partial charge is 0.309 e. The van der Waals surface area contributed by atoms with Gasteiger partial charge in [0.2, 0.25) is 0 Å². The molecule has 18 aromatic rings. The minimum Gasteiger partial charge on any atom is -0.309 e. The highest BCUT2D eigenvalue weighted by atomic mass is 32.2. The molecule has 3 heterocycles. The Morgan fingerprint density at radius 3 is 1.34 bits per heavy atom. The number of hydrogen-bond donors (Lipinski definition) is 0. The Kier molecular flexibility index (Phi) is 12.2. The summed E-state index contributed by atoms with van der Waals surface area (Å²) in [7, 11) is 0. The molecule has 103 heavy (non-hydrogen) atoms. The Morgan fingerprint density at radius 1 is 0.272 bits per heavy atom. The van der Waals surface area contributed by atoms with Crippen LogP contribution >= 0.6 is 34.4 Å². The Hall–Kier alpha value is -12.1. The van der Waals surface area contributed by atoms with Crippen LogP contribution in [0, 0.1) is 0 Å². The van der Waals surface area contributed by atoms with Crippen LogP contribution in [-0.2, 0) is 10.8 Å². The molecule has 0 amide bonds. The molecule has 1 aliphatic heterocycles. The van der Waals surface area contributed by atoms with E-state index in [1.807, 2.05) is 34.4 Å². The molecule has 0 fully saturated rings. The van der Waals surface area contributed by atoms with E-state index in [-0.39, 0.29) is 0 Å². The number of nitrogens with zero attached hydrogens (tertiary/aromatic N) is 2. The summed E-state index contributed by atoms with van der Waals surface area (Å²) in [6.45, 7) is 0. The van der Waals surface area contributed by atoms with Gasteiger partial charge in [-0.25, -0.2) is 0 Å². The monoisotopic (exact) mass is 1360 g/mol. The van der Waals surface area contributed by atoms with Crippen LogP contribution in [0.2, 0.25) is 0 Å². The first-order valence-electron chi connectivity index (χ1n) is 35.5. The molecule has 4 aliphatic carbocycles. The van der Waals surface area contributed by atoms with Gasteiger partial charge in [0.25, 0.3) is 0 Å². The van der Waals surface area contributed by atoms with E-state index in [0.717, 1.165) is 22.7 Å². The van der Waals surface area contributed by atoms with Crippen molar-refractivity contribution >= 4 is 110 Å². The Balaban J connectivity index is 0.620. The molecule has 1 unspecified atom stereocenters. The van der Waals surface area contributed by atoms with Crippen molar-refractivity contribution in [1.82, 2.24) is 0 Å². The predicted molar refractivity (Wildman–Crippen MR) is 435 cm³/mol. The van der Waals surface area contributed by atoms with E-state index in [2.05, 4.69) is 362 Å². The highest BCUT2D eigenvalue weighted by Gasteiger charge is 2.55. The summed E-state index contributed by atoms with van der Waals surface area (Å²) in [5.74, 6) is 0. The average Bonchev–Trinajstić information content (AvgIpc) is 1.50. The van der Waals surface area contributed by atoms with E-state index in [1.165, 1.54) is 184 Å². The maximum Gasteiger partial charge on any atom is 0.0740 e. The molecule has 5 heteroatoms. The molecule has 2 nitrogen and oxygen atoms in total. The molecule has 0 N–H and O–H groups in total. The van der Waals surface area contributed by atoms with Gasteiger partial charge in [0.15, 0.2) is 0 Å². The number of para-hydroxylation sites is 1. The quantitative estimate of drug-likeness (QED) is 0.157. The van der Waals surface area contributed by atoms with Gasteiger partial charge < -0.3 is 9.80 Å². The van der Waals surface area contributed by atoms with Crippen molar-refractivity contribution in [1.29, 1.82) is 0 Å². The topological polar surface area (TPSA) is 6.48 Å². The van der Waals surface area contributed by atoms with Crippen molar-refractivity contribution in [3.05, 3.63) is 396 Å². The molecule has 2 aromatic heterocycles. The molecule has 2 spiro atoms. The second kappa shape index (κ2) is 21.7. The second-order valence-electron chi connectivity index (χ2n) is 28.0. The van der Waals surface area contributed by atoms with Crippen molar-refractivity contribution in [3.8, 4) is 76.5 Å². The number of rotatable bonds is 7. The van der Waals surface area contributed by atoms with E-state index in [0.29, 0.717) is 0 Å². The van der Waals surface area contributed by atoms with Crippen molar-refractivity contribution in [2.45, 2.75) is 20.6 Å². The second-order valence-corrected chi connectivity index (χ2v) is 31.2. The third-order valence-corrected chi connectivity index (χ3v) is 26.7. The lowest BCUT2D eigenvalue weighted by atomic mass is 9.69. The van der Waals surface area contributed by atoms with E-state index in [4.69, 9.17) is 0 Å². The van der Waals surface area contributed by atoms with Gasteiger partial charge in [-0.05, 0) is 212 Å². The summed E-state index contributed by atoms with van der Waals surface area (Å²) in [4.78, 5) is 10.2. The lowest BCUT2D eigenvalue weighted by Gasteiger charge is -2.34. The number of anilines is 6. The summed E-state index contributed by atoms with van der Waals surface area (Å²) in [6.07, 6.45) is 0. The average molecular weight is 1360 g/mol. The normalized spacial score (nSPS) is 14.9. The highest BCUT2D eigenvalue weighted by molar-refractivity contribution is 8.00. The Morgan fingerprint density at radius 2 is 0.699 bits per heavy atom. The maximum atomic E-state index is 2.53. The fraction of sp³-hybridized carbons (Fsp3) is 0.0204. The maximum absolute atomic E-state index is 2.53. The van der Waals surface area contributed by atoms with E-state index < -0.39 is 10.8 Å². The summed E-state index contributed by atoms with van der Waals surface area (Å²) < 4.78 is 2.64. The van der Waals surface area contributed by atoms with Gasteiger partial charge in [-0.15, -0.1) is 22.7 Å². The third-order valence-electron chi connectivity index (χ3n) is 23.1. The van der Waals surface area contributed by atoms with Gasteiger partial charge in [0.05, 0.1) is 33.6 Å². The molecule has 23 rings (SSSR count). The molecule has 0 saturated heterocycles. The smallest absolute Gasteiger partial charge is 0.0740 e. The van der Waals surface area contributed by atoms with Crippen LogP contribution in [0.25, 0.3) is 118 Å². The van der Waals surface area contributed by atoms with E-state index in [1.54, 1.807) is 0 Å². The lowest BCUT2D eigenvalue weighted by Crippen LogP contribution is -2.25. The Bertz CT molecular complexity index is 6550. The van der Waals surface area contributed by atoms with Gasteiger partial charge in [-0.2, -0.15) is 0 Å². The number of benzene rings is 16. The van der Waals surface area contributed by atoms with Gasteiger partial charge in [0.1, 0.15) is 0 Å². The Labute approximate surface area is 609 Å². The summed E-state index contributed by atoms with van der Waals surface area (Å²) in [6, 6.07) is 133.